The second-order valence-corrected chi connectivity index (χ2v) is 5.68. The van der Waals surface area contributed by atoms with Crippen LogP contribution in [0.15, 0.2) is 30.5 Å². The van der Waals surface area contributed by atoms with E-state index in [0.29, 0.717) is 18.0 Å². The van der Waals surface area contributed by atoms with Crippen molar-refractivity contribution >= 4 is 22.7 Å². The van der Waals surface area contributed by atoms with Crippen LogP contribution in [-0.4, -0.2) is 40.1 Å². The standard InChI is InChI=1S/C17H16N4O4/c1-24-15-6-9(2-4-18-15)16-11-7-10-12(8-13(11)20-21-16)19-17(23)25-14(10)3-5-22/h2,4,6-8,14,22H,3,5H2,1H3,(H,19,23)(H,20,21). The first kappa shape index (κ1) is 15.4. The molecule has 1 aliphatic rings. The van der Waals surface area contributed by atoms with E-state index < -0.39 is 12.2 Å². The second kappa shape index (κ2) is 6.06. The maximum absolute atomic E-state index is 11.7. The van der Waals surface area contributed by atoms with Crippen molar-refractivity contribution in [1.29, 1.82) is 0 Å². The minimum absolute atomic E-state index is 0.0742. The van der Waals surface area contributed by atoms with Gasteiger partial charge in [0.2, 0.25) is 5.88 Å². The van der Waals surface area contributed by atoms with Crippen molar-refractivity contribution in [2.45, 2.75) is 12.5 Å². The molecule has 4 rings (SSSR count). The smallest absolute Gasteiger partial charge is 0.412 e. The van der Waals surface area contributed by atoms with E-state index in [4.69, 9.17) is 9.47 Å². The van der Waals surface area contributed by atoms with Gasteiger partial charge in [0.1, 0.15) is 11.8 Å². The van der Waals surface area contributed by atoms with Crippen molar-refractivity contribution in [1.82, 2.24) is 15.2 Å². The van der Waals surface area contributed by atoms with Gasteiger partial charge in [-0.3, -0.25) is 10.4 Å². The number of carbonyl (C=O) groups excluding carboxylic acids is 1. The number of carbonyl (C=O) groups is 1. The molecule has 0 bridgehead atoms. The van der Waals surface area contributed by atoms with Gasteiger partial charge in [-0.25, -0.2) is 9.78 Å². The van der Waals surface area contributed by atoms with Crippen molar-refractivity contribution in [2.75, 3.05) is 19.0 Å². The number of aromatic amines is 1. The van der Waals surface area contributed by atoms with Crippen LogP contribution in [0.3, 0.4) is 0 Å². The number of nitrogens with zero attached hydrogens (tertiary/aromatic N) is 2. The number of amides is 1. The van der Waals surface area contributed by atoms with Gasteiger partial charge in [0.25, 0.3) is 0 Å². The molecule has 0 saturated heterocycles. The molecule has 3 N–H and O–H groups in total. The molecule has 2 aromatic heterocycles. The van der Waals surface area contributed by atoms with E-state index in [1.165, 1.54) is 0 Å². The summed E-state index contributed by atoms with van der Waals surface area (Å²) < 4.78 is 10.5. The molecule has 1 unspecified atom stereocenters. The van der Waals surface area contributed by atoms with Crippen LogP contribution in [0.2, 0.25) is 0 Å². The van der Waals surface area contributed by atoms with Crippen LogP contribution in [0.4, 0.5) is 10.5 Å². The van der Waals surface area contributed by atoms with E-state index in [9.17, 15) is 9.90 Å². The van der Waals surface area contributed by atoms with E-state index in [0.717, 1.165) is 27.7 Å². The predicted molar refractivity (Wildman–Crippen MR) is 90.4 cm³/mol. The maximum Gasteiger partial charge on any atom is 0.412 e. The van der Waals surface area contributed by atoms with Gasteiger partial charge in [-0.1, -0.05) is 0 Å². The van der Waals surface area contributed by atoms with Gasteiger partial charge in [-0.2, -0.15) is 5.10 Å². The molecule has 0 aliphatic carbocycles. The van der Waals surface area contributed by atoms with Gasteiger partial charge >= 0.3 is 6.09 Å². The summed E-state index contributed by atoms with van der Waals surface area (Å²) in [5.74, 6) is 0.500. The summed E-state index contributed by atoms with van der Waals surface area (Å²) in [6.45, 7) is -0.0742. The van der Waals surface area contributed by atoms with Crippen LogP contribution in [0, 0.1) is 0 Å². The topological polar surface area (TPSA) is 109 Å². The molecule has 25 heavy (non-hydrogen) atoms. The van der Waals surface area contributed by atoms with Crippen LogP contribution in [0.5, 0.6) is 5.88 Å². The fourth-order valence-electron chi connectivity index (χ4n) is 3.01. The molecule has 8 nitrogen and oxygen atoms in total. The molecule has 1 aliphatic heterocycles. The summed E-state index contributed by atoms with van der Waals surface area (Å²) in [4.78, 5) is 15.8. The number of H-pyrrole nitrogens is 1. The van der Waals surface area contributed by atoms with Gasteiger partial charge in [-0.15, -0.1) is 0 Å². The summed E-state index contributed by atoms with van der Waals surface area (Å²) in [6, 6.07) is 7.40. The van der Waals surface area contributed by atoms with Crippen molar-refractivity contribution in [3.05, 3.63) is 36.0 Å². The molecule has 1 atom stereocenters. The molecule has 128 valence electrons. The molecule has 0 radical (unpaired) electrons. The molecule has 3 aromatic rings. The maximum atomic E-state index is 11.7. The van der Waals surface area contributed by atoms with Crippen LogP contribution in [-0.2, 0) is 4.74 Å². The van der Waals surface area contributed by atoms with Gasteiger partial charge in [-0.05, 0) is 18.2 Å². The Morgan fingerprint density at radius 2 is 2.24 bits per heavy atom. The lowest BCUT2D eigenvalue weighted by Crippen LogP contribution is -2.25. The number of fused-ring (bicyclic) bond motifs is 2. The van der Waals surface area contributed by atoms with E-state index in [2.05, 4.69) is 20.5 Å². The third-order valence-electron chi connectivity index (χ3n) is 4.17. The summed E-state index contributed by atoms with van der Waals surface area (Å²) in [7, 11) is 1.56. The minimum Gasteiger partial charge on any atom is -0.481 e. The fourth-order valence-corrected chi connectivity index (χ4v) is 3.01. The lowest BCUT2D eigenvalue weighted by Gasteiger charge is -2.25. The number of aliphatic hydroxyl groups is 1. The Kier molecular flexibility index (Phi) is 3.73. The average Bonchev–Trinajstić information content (AvgIpc) is 3.03. The van der Waals surface area contributed by atoms with Crippen LogP contribution in [0.25, 0.3) is 22.2 Å². The zero-order valence-corrected chi connectivity index (χ0v) is 13.4. The monoisotopic (exact) mass is 340 g/mol. The number of hydrogen-bond acceptors (Lipinski definition) is 6. The number of hydrogen-bond donors (Lipinski definition) is 3. The number of pyridine rings is 1. The van der Waals surface area contributed by atoms with E-state index in [-0.39, 0.29) is 6.61 Å². The highest BCUT2D eigenvalue weighted by molar-refractivity contribution is 5.98. The van der Waals surface area contributed by atoms with Crippen molar-refractivity contribution in [2.24, 2.45) is 0 Å². The third kappa shape index (κ3) is 2.66. The van der Waals surface area contributed by atoms with Crippen molar-refractivity contribution in [3.8, 4) is 17.1 Å². The lowest BCUT2D eigenvalue weighted by molar-refractivity contribution is 0.0873. The molecule has 0 fully saturated rings. The number of anilines is 1. The first-order valence-corrected chi connectivity index (χ1v) is 7.80. The Morgan fingerprint density at radius 1 is 1.36 bits per heavy atom. The molecule has 3 heterocycles. The highest BCUT2D eigenvalue weighted by Gasteiger charge is 2.27. The van der Waals surface area contributed by atoms with E-state index in [1.807, 2.05) is 18.2 Å². The normalized spacial score (nSPS) is 16.2. The van der Waals surface area contributed by atoms with Gasteiger partial charge in [0.15, 0.2) is 0 Å². The number of aromatic nitrogens is 3. The van der Waals surface area contributed by atoms with Crippen LogP contribution >= 0.6 is 0 Å². The number of ether oxygens (including phenoxy) is 2. The predicted octanol–water partition coefficient (Wildman–Crippen LogP) is 2.62. The molecule has 0 spiro atoms. The molecule has 0 saturated carbocycles. The Hall–Kier alpha value is -3.13. The van der Waals surface area contributed by atoms with E-state index in [1.54, 1.807) is 19.4 Å². The fraction of sp³-hybridized carbons (Fsp3) is 0.235. The molecule has 8 heteroatoms. The van der Waals surface area contributed by atoms with Gasteiger partial charge in [0, 0.05) is 41.8 Å². The molecule has 1 amide bonds. The quantitative estimate of drug-likeness (QED) is 0.673. The Balaban J connectivity index is 1.86. The summed E-state index contributed by atoms with van der Waals surface area (Å²) in [5, 5.41) is 20.2. The molecular formula is C17H16N4O4. The first-order valence-electron chi connectivity index (χ1n) is 7.80. The highest BCUT2D eigenvalue weighted by Crippen LogP contribution is 2.38. The lowest BCUT2D eigenvalue weighted by atomic mass is 9.99. The first-order chi connectivity index (χ1) is 12.2. The second-order valence-electron chi connectivity index (χ2n) is 5.68. The number of methoxy groups -OCH3 is 1. The summed E-state index contributed by atoms with van der Waals surface area (Å²) in [5.41, 5.74) is 3.86. The van der Waals surface area contributed by atoms with Gasteiger partial charge < -0.3 is 14.6 Å². The number of rotatable bonds is 4. The van der Waals surface area contributed by atoms with Crippen LogP contribution < -0.4 is 10.1 Å². The Labute approximate surface area is 142 Å². The summed E-state index contributed by atoms with van der Waals surface area (Å²) >= 11 is 0. The highest BCUT2D eigenvalue weighted by atomic mass is 16.6. The van der Waals surface area contributed by atoms with E-state index >= 15 is 0 Å². The Bertz CT molecular complexity index is 953. The number of aliphatic hydroxyl groups excluding tert-OH is 1. The molecular weight excluding hydrogens is 324 g/mol. The molecule has 1 aromatic carbocycles. The van der Waals surface area contributed by atoms with Crippen molar-refractivity contribution < 1.29 is 19.4 Å². The van der Waals surface area contributed by atoms with Crippen LogP contribution in [0.1, 0.15) is 18.1 Å². The number of nitrogens with one attached hydrogen (secondary N) is 2. The Morgan fingerprint density at radius 3 is 3.04 bits per heavy atom. The zero-order valence-electron chi connectivity index (χ0n) is 13.4. The third-order valence-corrected chi connectivity index (χ3v) is 4.17. The SMILES string of the molecule is COc1cc(-c2n[nH]c3cc4c(cc23)C(CCO)OC(=O)N4)ccn1. The van der Waals surface area contributed by atoms with Gasteiger partial charge in [0.05, 0.1) is 18.3 Å². The largest absolute Gasteiger partial charge is 0.481 e. The number of cyclic esters (lactones) is 1. The van der Waals surface area contributed by atoms with Crippen molar-refractivity contribution in [3.63, 3.8) is 0 Å². The number of benzene rings is 1. The minimum atomic E-state index is -0.524. The zero-order chi connectivity index (χ0) is 17.4. The summed E-state index contributed by atoms with van der Waals surface area (Å²) in [6.07, 6.45) is 0.976. The average molecular weight is 340 g/mol.